The normalized spacial score (nSPS) is 10.3. The summed E-state index contributed by atoms with van der Waals surface area (Å²) in [5, 5.41) is 4.76. The van der Waals surface area contributed by atoms with E-state index in [1.54, 1.807) is 0 Å². The predicted octanol–water partition coefficient (Wildman–Crippen LogP) is 6.08. The Kier molecular flexibility index (Phi) is 6.16. The molecule has 0 saturated carbocycles. The van der Waals surface area contributed by atoms with E-state index in [1.807, 2.05) is 79.0 Å². The Balaban J connectivity index is 0.00000192. The van der Waals surface area contributed by atoms with Gasteiger partial charge in [0, 0.05) is 6.21 Å². The standard InChI is InChI=1S/C20H17N2.Cu/c1-16-9-8-10-17(15-21-18-11-4-2-5-12-18)20(16)22-19-13-6-3-7-14-19;/h2-15H,1H3;/q-1;+1. The third-order valence-electron chi connectivity index (χ3n) is 3.37. The Hall–Kier alpha value is -2.35. The van der Waals surface area contributed by atoms with E-state index < -0.39 is 0 Å². The van der Waals surface area contributed by atoms with Gasteiger partial charge in [-0.2, -0.15) is 0 Å². The number of para-hydroxylation sites is 3. The summed E-state index contributed by atoms with van der Waals surface area (Å²) in [5.74, 6) is 0. The number of hydrogen-bond acceptors (Lipinski definition) is 1. The van der Waals surface area contributed by atoms with Crippen molar-refractivity contribution in [3.63, 3.8) is 0 Å². The second-order valence-electron chi connectivity index (χ2n) is 5.05. The van der Waals surface area contributed by atoms with Gasteiger partial charge in [-0.05, 0) is 24.6 Å². The minimum absolute atomic E-state index is 0. The largest absolute Gasteiger partial charge is 1.00 e. The van der Waals surface area contributed by atoms with Gasteiger partial charge in [0.25, 0.3) is 0 Å². The maximum Gasteiger partial charge on any atom is 1.00 e. The van der Waals surface area contributed by atoms with E-state index in [4.69, 9.17) is 5.32 Å². The molecule has 118 valence electrons. The molecular weight excluding hydrogens is 332 g/mol. The first-order valence-corrected chi connectivity index (χ1v) is 7.28. The zero-order valence-electron chi connectivity index (χ0n) is 12.8. The molecule has 0 saturated heterocycles. The smallest absolute Gasteiger partial charge is 0.657 e. The summed E-state index contributed by atoms with van der Waals surface area (Å²) in [6.45, 7) is 2.07. The van der Waals surface area contributed by atoms with Crippen LogP contribution in [0, 0.1) is 6.92 Å². The maximum atomic E-state index is 4.76. The van der Waals surface area contributed by atoms with Crippen LogP contribution in [-0.4, -0.2) is 6.21 Å². The molecule has 0 atom stereocenters. The third-order valence-corrected chi connectivity index (χ3v) is 3.37. The fraction of sp³-hybridized carbons (Fsp3) is 0.0500. The molecule has 0 amide bonds. The van der Waals surface area contributed by atoms with Crippen LogP contribution in [0.15, 0.2) is 83.9 Å². The molecule has 23 heavy (non-hydrogen) atoms. The van der Waals surface area contributed by atoms with E-state index in [2.05, 4.69) is 18.0 Å². The Morgan fingerprint density at radius 2 is 1.43 bits per heavy atom. The van der Waals surface area contributed by atoms with Crippen molar-refractivity contribution in [3.05, 3.63) is 95.3 Å². The summed E-state index contributed by atoms with van der Waals surface area (Å²) in [6, 6.07) is 26.1. The molecule has 0 N–H and O–H groups in total. The van der Waals surface area contributed by atoms with E-state index in [0.29, 0.717) is 0 Å². The van der Waals surface area contributed by atoms with Crippen LogP contribution in [0.2, 0.25) is 0 Å². The monoisotopic (exact) mass is 348 g/mol. The molecule has 0 aliphatic carbocycles. The fourth-order valence-electron chi connectivity index (χ4n) is 2.23. The first-order chi connectivity index (χ1) is 10.8. The maximum absolute atomic E-state index is 4.76. The number of aliphatic imine (C=N–C) groups is 1. The minimum atomic E-state index is 0. The molecular formula is C20H17CuN2. The summed E-state index contributed by atoms with van der Waals surface area (Å²) in [7, 11) is 0. The number of benzene rings is 3. The number of aryl methyl sites for hydroxylation is 1. The van der Waals surface area contributed by atoms with E-state index >= 15 is 0 Å². The molecule has 3 aromatic rings. The van der Waals surface area contributed by atoms with Gasteiger partial charge in [0.05, 0.1) is 5.69 Å². The predicted molar refractivity (Wildman–Crippen MR) is 94.0 cm³/mol. The molecule has 3 aromatic carbocycles. The number of hydrogen-bond donors (Lipinski definition) is 0. The second-order valence-corrected chi connectivity index (χ2v) is 5.05. The first-order valence-electron chi connectivity index (χ1n) is 7.28. The Morgan fingerprint density at radius 1 is 0.783 bits per heavy atom. The van der Waals surface area contributed by atoms with Crippen molar-refractivity contribution in [2.75, 3.05) is 0 Å². The number of nitrogens with zero attached hydrogens (tertiary/aromatic N) is 2. The molecule has 0 fully saturated rings. The van der Waals surface area contributed by atoms with Gasteiger partial charge in [-0.25, -0.2) is 0 Å². The van der Waals surface area contributed by atoms with Crippen LogP contribution >= 0.6 is 0 Å². The first kappa shape index (κ1) is 17.0. The van der Waals surface area contributed by atoms with Crippen molar-refractivity contribution in [3.8, 4) is 0 Å². The summed E-state index contributed by atoms with van der Waals surface area (Å²) < 4.78 is 0. The van der Waals surface area contributed by atoms with Gasteiger partial charge in [-0.15, -0.1) is 11.4 Å². The molecule has 0 unspecified atom stereocenters. The Labute approximate surface area is 147 Å². The summed E-state index contributed by atoms with van der Waals surface area (Å²) in [5.41, 5.74) is 5.02. The third kappa shape index (κ3) is 4.56. The van der Waals surface area contributed by atoms with Gasteiger partial charge in [0.1, 0.15) is 0 Å². The van der Waals surface area contributed by atoms with Gasteiger partial charge in [0.2, 0.25) is 0 Å². The summed E-state index contributed by atoms with van der Waals surface area (Å²) >= 11 is 0. The molecule has 0 radical (unpaired) electrons. The fourth-order valence-corrected chi connectivity index (χ4v) is 2.23. The van der Waals surface area contributed by atoms with Crippen LogP contribution < -0.4 is 0 Å². The van der Waals surface area contributed by atoms with Crippen LogP contribution in [-0.2, 0) is 17.1 Å². The van der Waals surface area contributed by atoms with Gasteiger partial charge in [-0.1, -0.05) is 72.3 Å². The zero-order chi connectivity index (χ0) is 15.2. The quantitative estimate of drug-likeness (QED) is 0.403. The van der Waals surface area contributed by atoms with Crippen LogP contribution in [0.5, 0.6) is 0 Å². The minimum Gasteiger partial charge on any atom is -0.657 e. The van der Waals surface area contributed by atoms with Crippen LogP contribution in [0.1, 0.15) is 11.1 Å². The van der Waals surface area contributed by atoms with Crippen molar-refractivity contribution < 1.29 is 17.1 Å². The van der Waals surface area contributed by atoms with Crippen LogP contribution in [0.3, 0.4) is 0 Å². The van der Waals surface area contributed by atoms with Crippen molar-refractivity contribution >= 4 is 23.3 Å². The Bertz CT molecular complexity index is 768. The molecule has 0 heterocycles. The average molecular weight is 349 g/mol. The zero-order valence-corrected chi connectivity index (χ0v) is 13.7. The molecule has 0 aliphatic rings. The molecule has 0 spiro atoms. The van der Waals surface area contributed by atoms with Crippen molar-refractivity contribution in [2.24, 2.45) is 4.99 Å². The topological polar surface area (TPSA) is 26.5 Å². The van der Waals surface area contributed by atoms with Crippen molar-refractivity contribution in [2.45, 2.75) is 6.92 Å². The molecule has 0 aromatic heterocycles. The summed E-state index contributed by atoms with van der Waals surface area (Å²) in [4.78, 5) is 4.53. The van der Waals surface area contributed by atoms with Gasteiger partial charge in [0.15, 0.2) is 0 Å². The second kappa shape index (κ2) is 8.33. The number of rotatable bonds is 4. The van der Waals surface area contributed by atoms with Crippen molar-refractivity contribution in [1.82, 2.24) is 0 Å². The Morgan fingerprint density at radius 3 is 2.13 bits per heavy atom. The SMILES string of the molecule is Cc1cccc(C=Nc2ccccc2)c1[N-]c1ccccc1.[Cu+]. The molecule has 0 aliphatic heterocycles. The van der Waals surface area contributed by atoms with Gasteiger partial charge < -0.3 is 5.32 Å². The van der Waals surface area contributed by atoms with Crippen molar-refractivity contribution in [1.29, 1.82) is 0 Å². The molecule has 0 bridgehead atoms. The van der Waals surface area contributed by atoms with Crippen LogP contribution in [0.4, 0.5) is 17.1 Å². The van der Waals surface area contributed by atoms with Gasteiger partial charge in [-0.3, -0.25) is 4.99 Å². The average Bonchev–Trinajstić information content (AvgIpc) is 2.57. The van der Waals surface area contributed by atoms with E-state index in [9.17, 15) is 0 Å². The molecule has 3 rings (SSSR count). The molecule has 3 heteroatoms. The summed E-state index contributed by atoms with van der Waals surface area (Å²) in [6.07, 6.45) is 1.88. The van der Waals surface area contributed by atoms with Crippen LogP contribution in [0.25, 0.3) is 5.32 Å². The van der Waals surface area contributed by atoms with E-state index in [1.165, 1.54) is 0 Å². The van der Waals surface area contributed by atoms with E-state index in [0.717, 1.165) is 28.2 Å². The molecule has 2 nitrogen and oxygen atoms in total. The van der Waals surface area contributed by atoms with E-state index in [-0.39, 0.29) is 17.1 Å². The van der Waals surface area contributed by atoms with Gasteiger partial charge >= 0.3 is 17.1 Å².